The van der Waals surface area contributed by atoms with Crippen molar-refractivity contribution in [2.75, 3.05) is 6.61 Å². The van der Waals surface area contributed by atoms with E-state index in [-0.39, 0.29) is 12.4 Å². The van der Waals surface area contributed by atoms with Gasteiger partial charge in [0.05, 0.1) is 23.7 Å². The number of fused-ring (bicyclic) bond motifs is 9. The molecule has 1 saturated heterocycles. The summed E-state index contributed by atoms with van der Waals surface area (Å²) in [5.74, 6) is -0.136. The Morgan fingerprint density at radius 2 is 0.843 bits per heavy atom. The van der Waals surface area contributed by atoms with Gasteiger partial charge in [0, 0.05) is 44.3 Å². The molecule has 3 aliphatic rings. The first-order valence-corrected chi connectivity index (χ1v) is 17.1. The highest BCUT2D eigenvalue weighted by molar-refractivity contribution is 6.13. The zero-order chi connectivity index (χ0) is 33.9. The lowest BCUT2D eigenvalue weighted by Gasteiger charge is -2.08. The van der Waals surface area contributed by atoms with E-state index in [1.807, 2.05) is 91.0 Å². The average Bonchev–Trinajstić information content (AvgIpc) is 3.52. The SMILES string of the molecule is O=C1c2nc(c(-c3ccccc3)c3ccc([nH]3)c(-c3ccccc3)c3nc(c(-c4ccccc4)c4ccc([nH]4)c2-c2ccccc2)C=C3)C12CO2. The molecule has 6 nitrogen and oxygen atoms in total. The summed E-state index contributed by atoms with van der Waals surface area (Å²) in [4.78, 5) is 32.8. The van der Waals surface area contributed by atoms with E-state index in [1.165, 1.54) is 0 Å². The predicted molar refractivity (Wildman–Crippen MR) is 204 cm³/mol. The largest absolute Gasteiger partial charge is 0.354 e. The van der Waals surface area contributed by atoms with E-state index in [1.54, 1.807) is 0 Å². The van der Waals surface area contributed by atoms with Crippen molar-refractivity contribution < 1.29 is 9.53 Å². The average molecular weight is 659 g/mol. The Morgan fingerprint density at radius 3 is 1.27 bits per heavy atom. The number of carbonyl (C=O) groups excluding carboxylic acids is 1. The van der Waals surface area contributed by atoms with Gasteiger partial charge in [-0.25, -0.2) is 9.97 Å². The van der Waals surface area contributed by atoms with Crippen LogP contribution in [-0.2, 0) is 10.3 Å². The summed E-state index contributed by atoms with van der Waals surface area (Å²) in [7, 11) is 0. The first-order chi connectivity index (χ1) is 25.2. The molecule has 7 aromatic rings. The molecule has 0 amide bonds. The Hall–Kier alpha value is -6.63. The molecule has 1 fully saturated rings. The molecule has 1 spiro atoms. The number of epoxide rings is 1. The smallest absolute Gasteiger partial charge is 0.222 e. The summed E-state index contributed by atoms with van der Waals surface area (Å²) in [6, 6.07) is 49.0. The Bertz CT molecular complexity index is 2690. The number of carbonyl (C=O) groups is 1. The lowest BCUT2D eigenvalue weighted by molar-refractivity contribution is 0.0884. The van der Waals surface area contributed by atoms with Crippen molar-refractivity contribution >= 4 is 40.0 Å². The van der Waals surface area contributed by atoms with Crippen molar-refractivity contribution in [2.24, 2.45) is 0 Å². The highest BCUT2D eigenvalue weighted by Gasteiger charge is 2.60. The summed E-state index contributed by atoms with van der Waals surface area (Å²) in [5.41, 5.74) is 12.3. The van der Waals surface area contributed by atoms with Crippen LogP contribution in [0.4, 0.5) is 0 Å². The standard InChI is InChI=1S/C45H30N4O2/c50-44-42-40(30-17-9-3-10-18-30)36-25-23-34(47-36)38(28-13-5-1-6-14-28)32-21-22-33(46-32)39(29-15-7-2-8-16-29)35-24-26-37(48-35)41(31-19-11-4-12-20-31)43(49-42)45(44)27-51-45/h1-26,47-48H,27H2. The molecule has 1 atom stereocenters. The normalized spacial score (nSPS) is 16.1. The second kappa shape index (κ2) is 11.5. The number of aromatic nitrogens is 4. The number of rotatable bonds is 4. The maximum absolute atomic E-state index is 14.7. The van der Waals surface area contributed by atoms with Crippen molar-refractivity contribution in [3.05, 3.63) is 168 Å². The minimum atomic E-state index is -1.16. The molecule has 0 saturated carbocycles. The van der Waals surface area contributed by atoms with Crippen LogP contribution in [0.25, 0.3) is 78.7 Å². The Kier molecular flexibility index (Phi) is 6.59. The van der Waals surface area contributed by atoms with E-state index in [0.29, 0.717) is 11.4 Å². The summed E-state index contributed by atoms with van der Waals surface area (Å²) >= 11 is 0. The molecule has 10 rings (SSSR count). The quantitative estimate of drug-likeness (QED) is 0.184. The van der Waals surface area contributed by atoms with Crippen LogP contribution >= 0.6 is 0 Å². The van der Waals surface area contributed by atoms with Crippen LogP contribution in [0.15, 0.2) is 146 Å². The highest BCUT2D eigenvalue weighted by Crippen LogP contribution is 2.50. The number of hydrogen-bond acceptors (Lipinski definition) is 4. The molecule has 2 N–H and O–H groups in total. The molecular weight excluding hydrogens is 629 g/mol. The van der Waals surface area contributed by atoms with E-state index in [0.717, 1.165) is 78.0 Å². The van der Waals surface area contributed by atoms with Gasteiger partial charge in [0.2, 0.25) is 5.78 Å². The number of aromatic amines is 2. The molecule has 51 heavy (non-hydrogen) atoms. The van der Waals surface area contributed by atoms with Gasteiger partial charge in [-0.1, -0.05) is 121 Å². The molecule has 0 radical (unpaired) electrons. The molecule has 8 bridgehead atoms. The lowest BCUT2D eigenvalue weighted by Crippen LogP contribution is -2.17. The Balaban J connectivity index is 1.43. The van der Waals surface area contributed by atoms with Gasteiger partial charge >= 0.3 is 0 Å². The predicted octanol–water partition coefficient (Wildman–Crippen LogP) is 10.3. The fraction of sp³-hybridized carbons (Fsp3) is 0.0444. The summed E-state index contributed by atoms with van der Waals surface area (Å²) < 4.78 is 6.15. The molecule has 1 unspecified atom stereocenters. The molecule has 4 aromatic carbocycles. The van der Waals surface area contributed by atoms with Gasteiger partial charge in [-0.05, 0) is 58.7 Å². The second-order valence-corrected chi connectivity index (χ2v) is 13.0. The molecule has 3 aliphatic heterocycles. The molecule has 0 aliphatic carbocycles. The zero-order valence-corrected chi connectivity index (χ0v) is 27.4. The number of nitrogens with one attached hydrogen (secondary N) is 2. The maximum Gasteiger partial charge on any atom is 0.222 e. The maximum atomic E-state index is 14.7. The number of ketones is 1. The van der Waals surface area contributed by atoms with Crippen LogP contribution in [0.3, 0.4) is 0 Å². The minimum Gasteiger partial charge on any atom is -0.354 e. The fourth-order valence-electron chi connectivity index (χ4n) is 7.47. The molecule has 6 heteroatoms. The summed E-state index contributed by atoms with van der Waals surface area (Å²) in [6.07, 6.45) is 4.19. The van der Waals surface area contributed by atoms with Crippen molar-refractivity contribution in [1.29, 1.82) is 0 Å². The van der Waals surface area contributed by atoms with Gasteiger partial charge in [0.15, 0.2) is 5.60 Å². The molecule has 6 heterocycles. The number of nitrogens with zero attached hydrogens (tertiary/aromatic N) is 2. The van der Waals surface area contributed by atoms with Crippen LogP contribution in [-0.4, -0.2) is 32.3 Å². The molecule has 3 aromatic heterocycles. The fourth-order valence-corrected chi connectivity index (χ4v) is 7.47. The number of ether oxygens (including phenoxy) is 1. The third kappa shape index (κ3) is 4.72. The van der Waals surface area contributed by atoms with Crippen molar-refractivity contribution in [2.45, 2.75) is 5.60 Å². The zero-order valence-electron chi connectivity index (χ0n) is 27.4. The van der Waals surface area contributed by atoms with Gasteiger partial charge < -0.3 is 14.7 Å². The van der Waals surface area contributed by atoms with Gasteiger partial charge in [-0.3, -0.25) is 4.79 Å². The van der Waals surface area contributed by atoms with Gasteiger partial charge in [-0.15, -0.1) is 0 Å². The van der Waals surface area contributed by atoms with Crippen LogP contribution in [0.2, 0.25) is 0 Å². The summed E-state index contributed by atoms with van der Waals surface area (Å²) in [6.45, 7) is 0.267. The first-order valence-electron chi connectivity index (χ1n) is 17.1. The number of benzene rings is 4. The second-order valence-electron chi connectivity index (χ2n) is 13.0. The van der Waals surface area contributed by atoms with Crippen molar-refractivity contribution in [3.63, 3.8) is 0 Å². The van der Waals surface area contributed by atoms with Gasteiger partial charge in [0.1, 0.15) is 5.69 Å². The van der Waals surface area contributed by atoms with E-state index in [4.69, 9.17) is 14.7 Å². The number of Topliss-reactive ketones (excluding diaryl/α,β-unsaturated/α-hetero) is 1. The monoisotopic (exact) mass is 658 g/mol. The third-order valence-electron chi connectivity index (χ3n) is 9.95. The number of H-pyrrole nitrogens is 2. The third-order valence-corrected chi connectivity index (χ3v) is 9.95. The van der Waals surface area contributed by atoms with E-state index >= 15 is 0 Å². The van der Waals surface area contributed by atoms with Crippen LogP contribution in [0, 0.1) is 0 Å². The van der Waals surface area contributed by atoms with Gasteiger partial charge in [-0.2, -0.15) is 0 Å². The Labute approximate surface area is 293 Å². The van der Waals surface area contributed by atoms with E-state index in [9.17, 15) is 4.79 Å². The van der Waals surface area contributed by atoms with E-state index in [2.05, 4.69) is 76.7 Å². The molecular formula is C45H30N4O2. The van der Waals surface area contributed by atoms with Crippen LogP contribution < -0.4 is 0 Å². The van der Waals surface area contributed by atoms with E-state index < -0.39 is 5.60 Å². The molecule has 242 valence electrons. The number of hydrogen-bond donors (Lipinski definition) is 2. The minimum absolute atomic E-state index is 0.136. The van der Waals surface area contributed by atoms with Crippen LogP contribution in [0.5, 0.6) is 0 Å². The van der Waals surface area contributed by atoms with Crippen molar-refractivity contribution in [1.82, 2.24) is 19.9 Å². The van der Waals surface area contributed by atoms with Crippen LogP contribution in [0.1, 0.15) is 27.6 Å². The van der Waals surface area contributed by atoms with Crippen molar-refractivity contribution in [3.8, 4) is 44.5 Å². The lowest BCUT2D eigenvalue weighted by atomic mass is 9.92. The van der Waals surface area contributed by atoms with Gasteiger partial charge in [0.25, 0.3) is 0 Å². The highest BCUT2D eigenvalue weighted by atomic mass is 16.6. The first kappa shape index (κ1) is 29.3. The summed E-state index contributed by atoms with van der Waals surface area (Å²) in [5, 5.41) is 0. The Morgan fingerprint density at radius 1 is 0.471 bits per heavy atom. The topological polar surface area (TPSA) is 87.0 Å².